The fourth-order valence-electron chi connectivity index (χ4n) is 2.24. The second-order valence-corrected chi connectivity index (χ2v) is 4.57. The molecule has 0 aliphatic carbocycles. The zero-order valence-electron chi connectivity index (χ0n) is 10.8. The van der Waals surface area contributed by atoms with Crippen molar-refractivity contribution in [3.05, 3.63) is 35.4 Å². The van der Waals surface area contributed by atoms with E-state index in [0.717, 1.165) is 19.5 Å². The molecule has 0 bridgehead atoms. The van der Waals surface area contributed by atoms with Gasteiger partial charge in [0.15, 0.2) is 0 Å². The number of nitrogens with zero attached hydrogens (tertiary/aromatic N) is 1. The van der Waals surface area contributed by atoms with Gasteiger partial charge in [-0.3, -0.25) is 9.69 Å². The second-order valence-electron chi connectivity index (χ2n) is 4.57. The van der Waals surface area contributed by atoms with Crippen LogP contribution in [0.5, 0.6) is 0 Å². The molecule has 0 spiro atoms. The van der Waals surface area contributed by atoms with Gasteiger partial charge in [-0.2, -0.15) is 0 Å². The fraction of sp³-hybridized carbons (Fsp3) is 0.500. The summed E-state index contributed by atoms with van der Waals surface area (Å²) in [4.78, 5) is 13.9. The third kappa shape index (κ3) is 3.55. The summed E-state index contributed by atoms with van der Waals surface area (Å²) in [6.45, 7) is 3.44. The summed E-state index contributed by atoms with van der Waals surface area (Å²) in [7, 11) is 1.63. The van der Waals surface area contributed by atoms with Crippen LogP contribution in [-0.2, 0) is 22.5 Å². The normalized spacial score (nSPS) is 15.2. The van der Waals surface area contributed by atoms with E-state index in [1.165, 1.54) is 11.1 Å². The van der Waals surface area contributed by atoms with E-state index in [-0.39, 0.29) is 5.91 Å². The maximum atomic E-state index is 11.7. The number of fused-ring (bicyclic) bond motifs is 1. The number of rotatable bonds is 5. The van der Waals surface area contributed by atoms with Gasteiger partial charge in [0.05, 0.1) is 13.2 Å². The maximum absolute atomic E-state index is 11.7. The standard InChI is InChI=1S/C14H20N2O2/c1-18-9-7-15-14(17)11-16-8-6-12-4-2-3-5-13(12)10-16/h2-5H,6-11H2,1H3,(H,15,17). The number of hydrogen-bond donors (Lipinski definition) is 1. The van der Waals surface area contributed by atoms with Crippen molar-refractivity contribution in [2.45, 2.75) is 13.0 Å². The molecule has 1 aromatic rings. The Morgan fingerprint density at radius 1 is 1.39 bits per heavy atom. The summed E-state index contributed by atoms with van der Waals surface area (Å²) < 4.78 is 4.90. The van der Waals surface area contributed by atoms with Gasteiger partial charge in [0.2, 0.25) is 5.91 Å². The molecule has 1 aromatic carbocycles. The monoisotopic (exact) mass is 248 g/mol. The predicted molar refractivity (Wildman–Crippen MR) is 70.3 cm³/mol. The first-order valence-corrected chi connectivity index (χ1v) is 6.34. The van der Waals surface area contributed by atoms with Crippen LogP contribution in [0.3, 0.4) is 0 Å². The van der Waals surface area contributed by atoms with E-state index < -0.39 is 0 Å². The molecule has 4 nitrogen and oxygen atoms in total. The van der Waals surface area contributed by atoms with Crippen molar-refractivity contribution < 1.29 is 9.53 Å². The number of carbonyl (C=O) groups is 1. The fourth-order valence-corrected chi connectivity index (χ4v) is 2.24. The van der Waals surface area contributed by atoms with Gasteiger partial charge in [0.1, 0.15) is 0 Å². The van der Waals surface area contributed by atoms with Crippen LogP contribution in [-0.4, -0.2) is 44.2 Å². The second kappa shape index (κ2) is 6.52. The summed E-state index contributed by atoms with van der Waals surface area (Å²) in [5, 5.41) is 2.85. The van der Waals surface area contributed by atoms with Crippen LogP contribution >= 0.6 is 0 Å². The van der Waals surface area contributed by atoms with Crippen LogP contribution in [0.4, 0.5) is 0 Å². The van der Waals surface area contributed by atoms with Crippen molar-refractivity contribution in [2.24, 2.45) is 0 Å². The number of benzene rings is 1. The van der Waals surface area contributed by atoms with E-state index >= 15 is 0 Å². The van der Waals surface area contributed by atoms with Crippen LogP contribution in [0.25, 0.3) is 0 Å². The zero-order valence-corrected chi connectivity index (χ0v) is 10.8. The Balaban J connectivity index is 1.80. The molecule has 1 aliphatic heterocycles. The van der Waals surface area contributed by atoms with Crippen LogP contribution in [0, 0.1) is 0 Å². The van der Waals surface area contributed by atoms with E-state index in [1.54, 1.807) is 7.11 Å². The van der Waals surface area contributed by atoms with Crippen molar-refractivity contribution >= 4 is 5.91 Å². The van der Waals surface area contributed by atoms with Gasteiger partial charge < -0.3 is 10.1 Å². The van der Waals surface area contributed by atoms with E-state index in [0.29, 0.717) is 19.7 Å². The molecule has 0 saturated carbocycles. The highest BCUT2D eigenvalue weighted by Crippen LogP contribution is 2.17. The Hall–Kier alpha value is -1.39. The number of ether oxygens (including phenoxy) is 1. The molecule has 1 amide bonds. The molecule has 18 heavy (non-hydrogen) atoms. The molecular weight excluding hydrogens is 228 g/mol. The average molecular weight is 248 g/mol. The largest absolute Gasteiger partial charge is 0.383 e. The first-order chi connectivity index (χ1) is 8.79. The van der Waals surface area contributed by atoms with Gasteiger partial charge in [0.25, 0.3) is 0 Å². The van der Waals surface area contributed by atoms with Gasteiger partial charge >= 0.3 is 0 Å². The molecule has 2 rings (SSSR count). The number of carbonyl (C=O) groups excluding carboxylic acids is 1. The molecule has 0 aromatic heterocycles. The minimum Gasteiger partial charge on any atom is -0.383 e. The number of amides is 1. The SMILES string of the molecule is COCCNC(=O)CN1CCc2ccccc2C1. The minimum atomic E-state index is 0.0754. The molecule has 98 valence electrons. The molecule has 0 unspecified atom stereocenters. The lowest BCUT2D eigenvalue weighted by atomic mass is 10.00. The molecular formula is C14H20N2O2. The van der Waals surface area contributed by atoms with Crippen molar-refractivity contribution in [1.82, 2.24) is 10.2 Å². The molecule has 1 aliphatic rings. The molecule has 0 saturated heterocycles. The van der Waals surface area contributed by atoms with E-state index in [1.807, 2.05) is 0 Å². The minimum absolute atomic E-state index is 0.0754. The van der Waals surface area contributed by atoms with Gasteiger partial charge in [-0.15, -0.1) is 0 Å². The highest BCUT2D eigenvalue weighted by atomic mass is 16.5. The lowest BCUT2D eigenvalue weighted by Crippen LogP contribution is -2.40. The third-order valence-electron chi connectivity index (χ3n) is 3.21. The summed E-state index contributed by atoms with van der Waals surface area (Å²) in [5.41, 5.74) is 2.75. The Labute approximate surface area is 108 Å². The molecule has 0 fully saturated rings. The molecule has 0 radical (unpaired) electrons. The summed E-state index contributed by atoms with van der Waals surface area (Å²) in [6, 6.07) is 8.45. The Morgan fingerprint density at radius 2 is 2.17 bits per heavy atom. The van der Waals surface area contributed by atoms with Gasteiger partial charge in [-0.05, 0) is 17.5 Å². The van der Waals surface area contributed by atoms with Gasteiger partial charge in [0, 0.05) is 26.7 Å². The van der Waals surface area contributed by atoms with Gasteiger partial charge in [-0.25, -0.2) is 0 Å². The maximum Gasteiger partial charge on any atom is 0.234 e. The number of nitrogens with one attached hydrogen (secondary N) is 1. The average Bonchev–Trinajstić information content (AvgIpc) is 2.39. The van der Waals surface area contributed by atoms with E-state index in [9.17, 15) is 4.79 Å². The molecule has 4 heteroatoms. The van der Waals surface area contributed by atoms with E-state index in [4.69, 9.17) is 4.74 Å². The highest BCUT2D eigenvalue weighted by Gasteiger charge is 2.17. The first-order valence-electron chi connectivity index (χ1n) is 6.34. The van der Waals surface area contributed by atoms with Crippen LogP contribution in [0.2, 0.25) is 0 Å². The van der Waals surface area contributed by atoms with Crippen molar-refractivity contribution in [1.29, 1.82) is 0 Å². The summed E-state index contributed by atoms with van der Waals surface area (Å²) in [5.74, 6) is 0.0754. The van der Waals surface area contributed by atoms with Gasteiger partial charge in [-0.1, -0.05) is 24.3 Å². The quantitative estimate of drug-likeness (QED) is 0.784. The summed E-state index contributed by atoms with van der Waals surface area (Å²) >= 11 is 0. The van der Waals surface area contributed by atoms with Crippen LogP contribution in [0.15, 0.2) is 24.3 Å². The van der Waals surface area contributed by atoms with Crippen LogP contribution in [0.1, 0.15) is 11.1 Å². The summed E-state index contributed by atoms with van der Waals surface area (Å²) in [6.07, 6.45) is 1.03. The van der Waals surface area contributed by atoms with Crippen molar-refractivity contribution in [3.63, 3.8) is 0 Å². The lowest BCUT2D eigenvalue weighted by Gasteiger charge is -2.28. The molecule has 0 atom stereocenters. The van der Waals surface area contributed by atoms with Crippen LogP contribution < -0.4 is 5.32 Å². The molecule has 1 heterocycles. The lowest BCUT2D eigenvalue weighted by molar-refractivity contribution is -0.122. The third-order valence-corrected chi connectivity index (χ3v) is 3.21. The first kappa shape index (κ1) is 13.1. The highest BCUT2D eigenvalue weighted by molar-refractivity contribution is 5.78. The topological polar surface area (TPSA) is 41.6 Å². The van der Waals surface area contributed by atoms with Crippen molar-refractivity contribution in [3.8, 4) is 0 Å². The number of methoxy groups -OCH3 is 1. The molecule has 1 N–H and O–H groups in total. The Kier molecular flexibility index (Phi) is 4.73. The Bertz CT molecular complexity index is 407. The smallest absolute Gasteiger partial charge is 0.234 e. The Morgan fingerprint density at radius 3 is 2.94 bits per heavy atom. The van der Waals surface area contributed by atoms with Crippen molar-refractivity contribution in [2.75, 3.05) is 33.4 Å². The van der Waals surface area contributed by atoms with E-state index in [2.05, 4.69) is 34.5 Å². The predicted octanol–water partition coefficient (Wildman–Crippen LogP) is 0.807. The zero-order chi connectivity index (χ0) is 12.8. The number of hydrogen-bond acceptors (Lipinski definition) is 3.